The summed E-state index contributed by atoms with van der Waals surface area (Å²) in [6.07, 6.45) is -4.94. The zero-order valence-corrected chi connectivity index (χ0v) is 19.2. The Morgan fingerprint density at radius 3 is 2.26 bits per heavy atom. The van der Waals surface area contributed by atoms with Crippen molar-refractivity contribution in [1.82, 2.24) is 10.2 Å². The van der Waals surface area contributed by atoms with Gasteiger partial charge in [-0.05, 0) is 36.4 Å². The quantitative estimate of drug-likeness (QED) is 0.471. The number of benzene rings is 3. The normalized spacial score (nSPS) is 20.5. The maximum Gasteiger partial charge on any atom is 0.435 e. The van der Waals surface area contributed by atoms with Gasteiger partial charge >= 0.3 is 12.2 Å². The molecule has 1 N–H and O–H groups in total. The maximum atomic E-state index is 15.1. The van der Waals surface area contributed by atoms with Crippen molar-refractivity contribution in [3.63, 3.8) is 0 Å². The second-order valence-electron chi connectivity index (χ2n) is 7.60. The first-order valence-electron chi connectivity index (χ1n) is 10.1. The van der Waals surface area contributed by atoms with Gasteiger partial charge in [0.25, 0.3) is 0 Å². The summed E-state index contributed by atoms with van der Waals surface area (Å²) in [5.41, 5.74) is -1.89. The number of rotatable bonds is 3. The predicted molar refractivity (Wildman–Crippen MR) is 124 cm³/mol. The molecule has 34 heavy (non-hydrogen) atoms. The number of methoxy groups -OCH3 is 1. The highest BCUT2D eigenvalue weighted by molar-refractivity contribution is 9.10. The minimum atomic E-state index is -4.94. The summed E-state index contributed by atoms with van der Waals surface area (Å²) < 4.78 is 51.1. The van der Waals surface area contributed by atoms with Gasteiger partial charge in [0.05, 0.1) is 12.8 Å². The zero-order valence-electron chi connectivity index (χ0n) is 17.6. The van der Waals surface area contributed by atoms with Crippen molar-refractivity contribution in [3.05, 3.63) is 94.0 Å². The van der Waals surface area contributed by atoms with E-state index < -0.39 is 17.9 Å². The summed E-state index contributed by atoms with van der Waals surface area (Å²) in [5.74, 6) is 0.277. The molecule has 10 heteroatoms. The third-order valence-electron chi connectivity index (χ3n) is 5.64. The lowest BCUT2D eigenvalue weighted by Gasteiger charge is -2.46. The van der Waals surface area contributed by atoms with Crippen molar-refractivity contribution in [2.45, 2.75) is 11.8 Å². The highest BCUT2D eigenvalue weighted by Crippen LogP contribution is 2.48. The van der Waals surface area contributed by atoms with Crippen LogP contribution >= 0.6 is 15.9 Å². The van der Waals surface area contributed by atoms with Crippen molar-refractivity contribution in [2.75, 3.05) is 7.11 Å². The van der Waals surface area contributed by atoms with E-state index in [1.54, 1.807) is 48.5 Å². The molecule has 0 unspecified atom stereocenters. The van der Waals surface area contributed by atoms with Crippen LogP contribution < -0.4 is 10.1 Å². The summed E-state index contributed by atoms with van der Waals surface area (Å²) in [4.78, 5) is 22.1. The second-order valence-corrected chi connectivity index (χ2v) is 8.51. The number of carbonyl (C=O) groups is 1. The minimum Gasteiger partial charge on any atom is -0.497 e. The Morgan fingerprint density at radius 2 is 1.65 bits per heavy atom. The number of aliphatic imine (C=N–C) groups is 2. The summed E-state index contributed by atoms with van der Waals surface area (Å²) in [6, 6.07) is 17.8. The standard InChI is InChI=1S/C24H16BrF3N4O2/c1-34-17-12-6-14(7-13-17)23(24(26,27)28)31-22(33)30-21-19-5-3-2-4-18(19)20(32(21)23)29-16-10-8-15(25)9-11-16/h2-13H,1H3,(H,31,33)/t23-/m1/s1. The average molecular weight is 529 g/mol. The monoisotopic (exact) mass is 528 g/mol. The Kier molecular flexibility index (Phi) is 5.20. The van der Waals surface area contributed by atoms with Crippen LogP contribution in [0.4, 0.5) is 23.7 Å². The van der Waals surface area contributed by atoms with Gasteiger partial charge in [0.15, 0.2) is 5.84 Å². The van der Waals surface area contributed by atoms with Crippen LogP contribution in [0.1, 0.15) is 16.7 Å². The van der Waals surface area contributed by atoms with Gasteiger partial charge in [0, 0.05) is 21.2 Å². The molecule has 2 heterocycles. The summed E-state index contributed by atoms with van der Waals surface area (Å²) in [6.45, 7) is 0. The number of fused-ring (bicyclic) bond motifs is 3. The maximum absolute atomic E-state index is 15.1. The predicted octanol–water partition coefficient (Wildman–Crippen LogP) is 5.74. The molecule has 3 aromatic rings. The molecule has 0 saturated heterocycles. The molecule has 0 fully saturated rings. The van der Waals surface area contributed by atoms with Gasteiger partial charge in [-0.25, -0.2) is 9.79 Å². The number of nitrogens with one attached hydrogen (secondary N) is 1. The fourth-order valence-electron chi connectivity index (χ4n) is 4.12. The molecular weight excluding hydrogens is 513 g/mol. The number of ether oxygens (including phenoxy) is 1. The molecule has 172 valence electrons. The largest absolute Gasteiger partial charge is 0.497 e. The number of amidine groups is 2. The summed E-state index contributed by atoms with van der Waals surface area (Å²) in [7, 11) is 1.42. The molecule has 2 aliphatic rings. The molecule has 2 aliphatic heterocycles. The Bertz CT molecular complexity index is 1340. The van der Waals surface area contributed by atoms with Crippen LogP contribution in [-0.4, -0.2) is 35.9 Å². The molecule has 3 aromatic carbocycles. The van der Waals surface area contributed by atoms with Gasteiger partial charge in [-0.15, -0.1) is 0 Å². The molecule has 0 aliphatic carbocycles. The molecule has 6 nitrogen and oxygen atoms in total. The smallest absolute Gasteiger partial charge is 0.435 e. The molecular formula is C24H16BrF3N4O2. The number of hydrogen-bond acceptors (Lipinski definition) is 3. The minimum absolute atomic E-state index is 0.0183. The molecule has 2 amide bonds. The molecule has 0 aromatic heterocycles. The molecule has 0 bridgehead atoms. The van der Waals surface area contributed by atoms with Gasteiger partial charge in [-0.3, -0.25) is 4.90 Å². The summed E-state index contributed by atoms with van der Waals surface area (Å²) in [5, 5.41) is 2.10. The van der Waals surface area contributed by atoms with Crippen LogP contribution in [0, 0.1) is 0 Å². The first-order chi connectivity index (χ1) is 16.2. The van der Waals surface area contributed by atoms with Gasteiger partial charge in [0.1, 0.15) is 11.6 Å². The number of carbonyl (C=O) groups excluding carboxylic acids is 1. The number of nitrogens with zero attached hydrogens (tertiary/aromatic N) is 3. The highest BCUT2D eigenvalue weighted by atomic mass is 79.9. The topological polar surface area (TPSA) is 66.3 Å². The Hall–Kier alpha value is -3.66. The fourth-order valence-corrected chi connectivity index (χ4v) is 4.38. The van der Waals surface area contributed by atoms with Crippen LogP contribution in [-0.2, 0) is 5.66 Å². The van der Waals surface area contributed by atoms with Crippen molar-refractivity contribution in [2.24, 2.45) is 9.98 Å². The van der Waals surface area contributed by atoms with Gasteiger partial charge in [0.2, 0.25) is 5.66 Å². The van der Waals surface area contributed by atoms with E-state index in [9.17, 15) is 4.79 Å². The van der Waals surface area contributed by atoms with E-state index in [2.05, 4.69) is 31.2 Å². The van der Waals surface area contributed by atoms with Gasteiger partial charge < -0.3 is 10.1 Å². The molecule has 0 radical (unpaired) electrons. The molecule has 5 rings (SSSR count). The molecule has 0 spiro atoms. The van der Waals surface area contributed by atoms with Crippen LogP contribution in [0.25, 0.3) is 0 Å². The second kappa shape index (κ2) is 7.98. The van der Waals surface area contributed by atoms with E-state index in [0.29, 0.717) is 22.6 Å². The number of halogens is 4. The van der Waals surface area contributed by atoms with E-state index in [1.807, 2.05) is 0 Å². The number of alkyl halides is 3. The number of hydrogen-bond donors (Lipinski definition) is 1. The van der Waals surface area contributed by atoms with Crippen LogP contribution in [0.3, 0.4) is 0 Å². The van der Waals surface area contributed by atoms with Crippen molar-refractivity contribution >= 4 is 39.3 Å². The lowest BCUT2D eigenvalue weighted by molar-refractivity contribution is -0.223. The number of urea groups is 1. The molecule has 0 saturated carbocycles. The average Bonchev–Trinajstić information content (AvgIpc) is 3.13. The lowest BCUT2D eigenvalue weighted by Crippen LogP contribution is -2.69. The van der Waals surface area contributed by atoms with E-state index >= 15 is 13.2 Å². The SMILES string of the molecule is COc1ccc([C@@]2(C(F)(F)F)NC(=O)N=C3c4ccccc4C(=Nc4ccc(Br)cc4)N32)cc1. The van der Waals surface area contributed by atoms with E-state index in [0.717, 1.165) is 9.37 Å². The van der Waals surface area contributed by atoms with Crippen LogP contribution in [0.2, 0.25) is 0 Å². The van der Waals surface area contributed by atoms with Gasteiger partial charge in [-0.1, -0.05) is 52.3 Å². The summed E-state index contributed by atoms with van der Waals surface area (Å²) >= 11 is 3.35. The van der Waals surface area contributed by atoms with Gasteiger partial charge in [-0.2, -0.15) is 18.2 Å². The molecule has 1 atom stereocenters. The first kappa shape index (κ1) is 22.1. The zero-order chi connectivity index (χ0) is 24.1. The van der Waals surface area contributed by atoms with Crippen molar-refractivity contribution in [1.29, 1.82) is 0 Å². The van der Waals surface area contributed by atoms with E-state index in [4.69, 9.17) is 4.74 Å². The Balaban J connectivity index is 1.81. The van der Waals surface area contributed by atoms with Crippen molar-refractivity contribution < 1.29 is 22.7 Å². The van der Waals surface area contributed by atoms with Crippen LogP contribution in [0.5, 0.6) is 5.75 Å². The third-order valence-corrected chi connectivity index (χ3v) is 6.17. The van der Waals surface area contributed by atoms with E-state index in [-0.39, 0.29) is 17.2 Å². The fraction of sp³-hybridized carbons (Fsp3) is 0.125. The van der Waals surface area contributed by atoms with Crippen LogP contribution in [0.15, 0.2) is 87.3 Å². The first-order valence-corrected chi connectivity index (χ1v) is 10.9. The Labute approximate surface area is 200 Å². The van der Waals surface area contributed by atoms with Crippen molar-refractivity contribution in [3.8, 4) is 5.75 Å². The lowest BCUT2D eigenvalue weighted by atomic mass is 9.95. The van der Waals surface area contributed by atoms with E-state index in [1.165, 1.54) is 31.4 Å². The highest BCUT2D eigenvalue weighted by Gasteiger charge is 2.66. The Morgan fingerprint density at radius 1 is 1.00 bits per heavy atom. The third kappa shape index (κ3) is 3.37. The number of amides is 2.